The smallest absolute Gasteiger partial charge is 0.260 e. The van der Waals surface area contributed by atoms with Crippen LogP contribution in [0.1, 0.15) is 22.8 Å². The van der Waals surface area contributed by atoms with E-state index in [0.717, 1.165) is 11.1 Å². The molecule has 0 aliphatic rings. The average Bonchev–Trinajstić information content (AvgIpc) is 2.81. The number of amides is 2. The zero-order valence-electron chi connectivity index (χ0n) is 18.6. The third-order valence-corrected chi connectivity index (χ3v) is 4.73. The molecule has 5 N–H and O–H groups in total. The summed E-state index contributed by atoms with van der Waals surface area (Å²) in [5, 5.41) is 11.9. The first-order valence-electron chi connectivity index (χ1n) is 10.6. The Hall–Kier alpha value is -4.21. The lowest BCUT2D eigenvalue weighted by Gasteiger charge is -2.16. The molecule has 172 valence electrons. The minimum Gasteiger partial charge on any atom is -0.368 e. The Bertz CT molecular complexity index is 1160. The molecule has 10 heteroatoms. The molecule has 0 saturated heterocycles. The zero-order valence-corrected chi connectivity index (χ0v) is 18.6. The fraction of sp³-hybridized carbons (Fsp3) is 0.261. The molecular formula is C23H27N7O3. The van der Waals surface area contributed by atoms with Crippen LogP contribution in [0, 0.1) is 6.92 Å². The first kappa shape index (κ1) is 23.5. The maximum atomic E-state index is 12.2. The van der Waals surface area contributed by atoms with Gasteiger partial charge in [0.1, 0.15) is 17.2 Å². The molecule has 0 atom stereocenters. The zero-order chi connectivity index (χ0) is 23.6. The van der Waals surface area contributed by atoms with E-state index in [1.165, 1.54) is 19.2 Å². The molecule has 2 amide bonds. The number of anilines is 2. The van der Waals surface area contributed by atoms with Gasteiger partial charge in [0.2, 0.25) is 5.91 Å². The van der Waals surface area contributed by atoms with Crippen LogP contribution in [-0.4, -0.2) is 52.9 Å². The fourth-order valence-electron chi connectivity index (χ4n) is 3.05. The highest BCUT2D eigenvalue weighted by molar-refractivity contribution is 5.93. The number of H-pyrrole nitrogens is 1. The van der Waals surface area contributed by atoms with Gasteiger partial charge in [0.25, 0.3) is 11.5 Å². The van der Waals surface area contributed by atoms with Crippen LogP contribution in [0.25, 0.3) is 11.4 Å². The molecule has 0 radical (unpaired) electrons. The van der Waals surface area contributed by atoms with Crippen molar-refractivity contribution in [2.24, 2.45) is 0 Å². The highest BCUT2D eigenvalue weighted by atomic mass is 16.2. The van der Waals surface area contributed by atoms with E-state index in [4.69, 9.17) is 0 Å². The number of nitrogens with zero attached hydrogens (tertiary/aromatic N) is 2. The van der Waals surface area contributed by atoms with Crippen molar-refractivity contribution in [2.45, 2.75) is 13.8 Å². The van der Waals surface area contributed by atoms with Gasteiger partial charge >= 0.3 is 0 Å². The number of hydrogen-bond acceptors (Lipinski definition) is 7. The Labute approximate surface area is 191 Å². The number of pyridine rings is 1. The number of rotatable bonds is 10. The Morgan fingerprint density at radius 2 is 1.52 bits per heavy atom. The Balaban J connectivity index is 1.69. The van der Waals surface area contributed by atoms with Gasteiger partial charge in [-0.15, -0.1) is 0 Å². The maximum Gasteiger partial charge on any atom is 0.260 e. The van der Waals surface area contributed by atoms with Crippen LogP contribution in [0.4, 0.5) is 11.6 Å². The van der Waals surface area contributed by atoms with Gasteiger partial charge in [-0.25, -0.2) is 9.97 Å². The number of carbonyl (C=O) groups excluding carboxylic acids is 2. The molecule has 3 rings (SSSR count). The normalized spacial score (nSPS) is 10.4. The van der Waals surface area contributed by atoms with Gasteiger partial charge < -0.3 is 26.3 Å². The number of aromatic amines is 1. The molecule has 3 aromatic rings. The van der Waals surface area contributed by atoms with Gasteiger partial charge in [0.05, 0.1) is 0 Å². The monoisotopic (exact) mass is 449 g/mol. The standard InChI is InChI=1S/C23H27N7O3/c1-15-19(25-12-11-24-16(2)31)29-21(17-7-4-3-5-8-17)30-20(15)26-13-14-28-23(33)18-9-6-10-27-22(18)32/h3-10H,11-14H2,1-2H3,(H,24,31)(H,27,32)(H,28,33)(H2,25,26,29,30). The minimum absolute atomic E-state index is 0.0627. The predicted molar refractivity (Wildman–Crippen MR) is 127 cm³/mol. The third-order valence-electron chi connectivity index (χ3n) is 4.73. The molecule has 0 saturated carbocycles. The molecule has 33 heavy (non-hydrogen) atoms. The average molecular weight is 450 g/mol. The summed E-state index contributed by atoms with van der Waals surface area (Å²) in [5.74, 6) is 1.28. The number of hydrogen-bond donors (Lipinski definition) is 5. The molecule has 1 aromatic carbocycles. The summed E-state index contributed by atoms with van der Waals surface area (Å²) < 4.78 is 0. The summed E-state index contributed by atoms with van der Waals surface area (Å²) in [6, 6.07) is 12.7. The fourth-order valence-corrected chi connectivity index (χ4v) is 3.05. The SMILES string of the molecule is CC(=O)NCCNc1nc(-c2ccccc2)nc(NCCNC(=O)c2ccc[nH]c2=O)c1C. The molecule has 0 fully saturated rings. The lowest BCUT2D eigenvalue weighted by atomic mass is 10.2. The summed E-state index contributed by atoms with van der Waals surface area (Å²) in [5.41, 5.74) is 1.30. The van der Waals surface area contributed by atoms with Crippen LogP contribution < -0.4 is 26.8 Å². The molecule has 2 aromatic heterocycles. The van der Waals surface area contributed by atoms with Gasteiger partial charge in [-0.1, -0.05) is 30.3 Å². The van der Waals surface area contributed by atoms with E-state index in [0.29, 0.717) is 43.6 Å². The predicted octanol–water partition coefficient (Wildman–Crippen LogP) is 1.53. The van der Waals surface area contributed by atoms with Crippen molar-refractivity contribution in [3.05, 3.63) is 70.1 Å². The molecule has 0 aliphatic heterocycles. The molecule has 0 spiro atoms. The van der Waals surface area contributed by atoms with E-state index in [-0.39, 0.29) is 11.5 Å². The van der Waals surface area contributed by atoms with Crippen LogP contribution >= 0.6 is 0 Å². The molecule has 2 heterocycles. The van der Waals surface area contributed by atoms with Gasteiger partial charge in [-0.2, -0.15) is 0 Å². The van der Waals surface area contributed by atoms with Crippen molar-refractivity contribution in [3.63, 3.8) is 0 Å². The summed E-state index contributed by atoms with van der Waals surface area (Å²) in [6.45, 7) is 5.02. The topological polar surface area (TPSA) is 141 Å². The van der Waals surface area contributed by atoms with Crippen molar-refractivity contribution in [2.75, 3.05) is 36.8 Å². The van der Waals surface area contributed by atoms with Crippen LogP contribution in [0.3, 0.4) is 0 Å². The van der Waals surface area contributed by atoms with Crippen LogP contribution in [0.5, 0.6) is 0 Å². The first-order valence-corrected chi connectivity index (χ1v) is 10.6. The van der Waals surface area contributed by atoms with E-state index in [9.17, 15) is 14.4 Å². The van der Waals surface area contributed by atoms with Crippen molar-refractivity contribution < 1.29 is 9.59 Å². The molecule has 0 unspecified atom stereocenters. The summed E-state index contributed by atoms with van der Waals surface area (Å²) in [4.78, 5) is 46.8. The Morgan fingerprint density at radius 1 is 0.879 bits per heavy atom. The molecule has 0 bridgehead atoms. The number of aromatic nitrogens is 3. The van der Waals surface area contributed by atoms with E-state index >= 15 is 0 Å². The first-order chi connectivity index (χ1) is 16.0. The second-order valence-electron chi connectivity index (χ2n) is 7.24. The summed E-state index contributed by atoms with van der Waals surface area (Å²) in [7, 11) is 0. The van der Waals surface area contributed by atoms with Gasteiger partial charge in [-0.05, 0) is 19.1 Å². The van der Waals surface area contributed by atoms with Crippen molar-refractivity contribution in [3.8, 4) is 11.4 Å². The lowest BCUT2D eigenvalue weighted by molar-refractivity contribution is -0.118. The highest BCUT2D eigenvalue weighted by Gasteiger charge is 2.13. The van der Waals surface area contributed by atoms with Crippen molar-refractivity contribution >= 4 is 23.5 Å². The van der Waals surface area contributed by atoms with Crippen molar-refractivity contribution in [1.29, 1.82) is 0 Å². The second-order valence-corrected chi connectivity index (χ2v) is 7.24. The highest BCUT2D eigenvalue weighted by Crippen LogP contribution is 2.24. The summed E-state index contributed by atoms with van der Waals surface area (Å²) >= 11 is 0. The lowest BCUT2D eigenvalue weighted by Crippen LogP contribution is -2.32. The van der Waals surface area contributed by atoms with Crippen LogP contribution in [-0.2, 0) is 4.79 Å². The van der Waals surface area contributed by atoms with Gasteiger partial charge in [-0.3, -0.25) is 14.4 Å². The number of benzene rings is 1. The van der Waals surface area contributed by atoms with E-state index < -0.39 is 11.5 Å². The second kappa shape index (κ2) is 11.4. The summed E-state index contributed by atoms with van der Waals surface area (Å²) in [6.07, 6.45) is 1.48. The Morgan fingerprint density at radius 3 is 2.12 bits per heavy atom. The van der Waals surface area contributed by atoms with Gasteiger partial charge in [0, 0.05) is 50.4 Å². The molecule has 10 nitrogen and oxygen atoms in total. The van der Waals surface area contributed by atoms with E-state index in [1.54, 1.807) is 6.07 Å². The minimum atomic E-state index is -0.441. The van der Waals surface area contributed by atoms with E-state index in [1.807, 2.05) is 37.3 Å². The molecular weight excluding hydrogens is 422 g/mol. The number of nitrogens with one attached hydrogen (secondary N) is 5. The Kier molecular flexibility index (Phi) is 8.12. The maximum absolute atomic E-state index is 12.2. The number of carbonyl (C=O) groups is 2. The quantitative estimate of drug-likeness (QED) is 0.296. The van der Waals surface area contributed by atoms with Crippen LogP contribution in [0.2, 0.25) is 0 Å². The molecule has 0 aliphatic carbocycles. The van der Waals surface area contributed by atoms with E-state index in [2.05, 4.69) is 36.2 Å². The van der Waals surface area contributed by atoms with Crippen LogP contribution in [0.15, 0.2) is 53.5 Å². The third kappa shape index (κ3) is 6.63. The van der Waals surface area contributed by atoms with Gasteiger partial charge in [0.15, 0.2) is 5.82 Å². The van der Waals surface area contributed by atoms with Crippen molar-refractivity contribution in [1.82, 2.24) is 25.6 Å². The largest absolute Gasteiger partial charge is 0.368 e.